The number of hydrazone groups is 1. The quantitative estimate of drug-likeness (QED) is 0.638. The number of halogens is 2. The first-order valence-electron chi connectivity index (χ1n) is 8.65. The molecule has 4 rings (SSSR count). The van der Waals surface area contributed by atoms with Gasteiger partial charge in [-0.15, -0.1) is 0 Å². The molecule has 1 aliphatic rings. The summed E-state index contributed by atoms with van der Waals surface area (Å²) in [5, 5.41) is 7.33. The van der Waals surface area contributed by atoms with Crippen LogP contribution in [-0.2, 0) is 20.6 Å². The Hall–Kier alpha value is -2.58. The molecule has 3 heterocycles. The molecule has 0 amide bonds. The molecule has 3 aromatic rings. The molecule has 10 heteroatoms. The maximum Gasteiger partial charge on any atom is 0.332 e. The first-order valence-corrected chi connectivity index (χ1v) is 9.41. The van der Waals surface area contributed by atoms with Gasteiger partial charge in [0.1, 0.15) is 0 Å². The van der Waals surface area contributed by atoms with Crippen molar-refractivity contribution < 1.29 is 0 Å². The summed E-state index contributed by atoms with van der Waals surface area (Å²) in [4.78, 5) is 29.8. The lowest BCUT2D eigenvalue weighted by Crippen LogP contribution is -2.38. The van der Waals surface area contributed by atoms with Crippen molar-refractivity contribution in [3.63, 3.8) is 0 Å². The minimum Gasteiger partial charge on any atom is -0.294 e. The van der Waals surface area contributed by atoms with Crippen LogP contribution < -0.4 is 16.3 Å². The van der Waals surface area contributed by atoms with Crippen LogP contribution in [0.3, 0.4) is 0 Å². The van der Waals surface area contributed by atoms with E-state index in [0.717, 1.165) is 10.3 Å². The third-order valence-electron chi connectivity index (χ3n) is 5.14. The largest absolute Gasteiger partial charge is 0.332 e. The molecule has 2 aromatic heterocycles. The van der Waals surface area contributed by atoms with Crippen LogP contribution in [0, 0.1) is 0 Å². The lowest BCUT2D eigenvalue weighted by Gasteiger charge is -2.29. The van der Waals surface area contributed by atoms with E-state index in [4.69, 9.17) is 23.2 Å². The van der Waals surface area contributed by atoms with Gasteiger partial charge in [0.05, 0.1) is 18.3 Å². The van der Waals surface area contributed by atoms with Gasteiger partial charge in [0.2, 0.25) is 5.95 Å². The second kappa shape index (κ2) is 6.49. The van der Waals surface area contributed by atoms with E-state index in [2.05, 4.69) is 10.1 Å². The van der Waals surface area contributed by atoms with Crippen molar-refractivity contribution in [2.75, 3.05) is 5.01 Å². The van der Waals surface area contributed by atoms with Crippen LogP contribution in [0.15, 0.2) is 32.9 Å². The topological polar surface area (TPSA) is 77.4 Å². The highest BCUT2D eigenvalue weighted by Gasteiger charge is 2.30. The van der Waals surface area contributed by atoms with Gasteiger partial charge in [0.15, 0.2) is 11.2 Å². The number of rotatable bonds is 2. The Bertz CT molecular complexity index is 1250. The molecular formula is C18H18Cl2N6O2. The van der Waals surface area contributed by atoms with Crippen molar-refractivity contribution in [2.45, 2.75) is 26.4 Å². The fraction of sp³-hybridized carbons (Fsp3) is 0.333. The first kappa shape index (κ1) is 18.8. The fourth-order valence-electron chi connectivity index (χ4n) is 3.40. The lowest BCUT2D eigenvalue weighted by atomic mass is 10.2. The highest BCUT2D eigenvalue weighted by Crippen LogP contribution is 2.33. The zero-order valence-corrected chi connectivity index (χ0v) is 17.3. The van der Waals surface area contributed by atoms with Crippen molar-refractivity contribution in [1.29, 1.82) is 0 Å². The molecule has 0 radical (unpaired) electrons. The summed E-state index contributed by atoms with van der Waals surface area (Å²) >= 11 is 12.7. The van der Waals surface area contributed by atoms with Crippen molar-refractivity contribution in [1.82, 2.24) is 18.7 Å². The van der Waals surface area contributed by atoms with E-state index in [1.165, 1.54) is 11.6 Å². The van der Waals surface area contributed by atoms with Gasteiger partial charge in [-0.1, -0.05) is 29.3 Å². The van der Waals surface area contributed by atoms with Gasteiger partial charge in [-0.25, -0.2) is 9.80 Å². The molecule has 0 spiro atoms. The molecule has 0 bridgehead atoms. The Morgan fingerprint density at radius 3 is 2.39 bits per heavy atom. The Kier molecular flexibility index (Phi) is 4.35. The van der Waals surface area contributed by atoms with E-state index in [1.807, 2.05) is 18.4 Å². The molecule has 0 saturated carbocycles. The Balaban J connectivity index is 1.99. The Labute approximate surface area is 170 Å². The van der Waals surface area contributed by atoms with Crippen LogP contribution >= 0.6 is 23.2 Å². The van der Waals surface area contributed by atoms with E-state index in [9.17, 15) is 9.59 Å². The minimum absolute atomic E-state index is 0.192. The maximum atomic E-state index is 12.8. The van der Waals surface area contributed by atoms with Crippen molar-refractivity contribution >= 4 is 46.0 Å². The normalized spacial score (nSPS) is 16.4. The lowest BCUT2D eigenvalue weighted by molar-refractivity contribution is 0.634. The molecule has 0 aliphatic carbocycles. The van der Waals surface area contributed by atoms with E-state index in [0.29, 0.717) is 32.7 Å². The predicted molar refractivity (Wildman–Crippen MR) is 111 cm³/mol. The minimum atomic E-state index is -0.432. The second-order valence-corrected chi connectivity index (χ2v) is 7.65. The fourth-order valence-corrected chi connectivity index (χ4v) is 3.91. The number of nitrogens with zero attached hydrogens (tertiary/aromatic N) is 6. The SMILES string of the molecule is CC1=NN(Cc2c(Cl)cccc2Cl)c2nc3c(c(=O)n(C)c(=O)n3C)n2[C@H]1C. The number of benzene rings is 1. The second-order valence-electron chi connectivity index (χ2n) is 6.83. The number of imidazole rings is 1. The molecule has 8 nitrogen and oxygen atoms in total. The average molecular weight is 421 g/mol. The summed E-state index contributed by atoms with van der Waals surface area (Å²) in [5.74, 6) is 0.461. The zero-order chi connectivity index (χ0) is 20.3. The highest BCUT2D eigenvalue weighted by molar-refractivity contribution is 6.36. The Morgan fingerprint density at radius 2 is 1.75 bits per heavy atom. The predicted octanol–water partition coefficient (Wildman–Crippen LogP) is 2.70. The van der Waals surface area contributed by atoms with E-state index in [1.54, 1.807) is 30.3 Å². The molecule has 28 heavy (non-hydrogen) atoms. The highest BCUT2D eigenvalue weighted by atomic mass is 35.5. The van der Waals surface area contributed by atoms with Gasteiger partial charge in [-0.3, -0.25) is 18.5 Å². The first-order chi connectivity index (χ1) is 13.2. The number of fused-ring (bicyclic) bond motifs is 3. The van der Waals surface area contributed by atoms with E-state index >= 15 is 0 Å². The number of anilines is 1. The molecular weight excluding hydrogens is 403 g/mol. The average Bonchev–Trinajstić information content (AvgIpc) is 3.06. The summed E-state index contributed by atoms with van der Waals surface area (Å²) < 4.78 is 4.26. The molecule has 146 valence electrons. The van der Waals surface area contributed by atoms with Gasteiger partial charge in [-0.05, 0) is 26.0 Å². The summed E-state index contributed by atoms with van der Waals surface area (Å²) in [6.45, 7) is 4.10. The maximum absolute atomic E-state index is 12.8. The smallest absolute Gasteiger partial charge is 0.294 e. The molecule has 1 aliphatic heterocycles. The molecule has 0 unspecified atom stereocenters. The third-order valence-corrected chi connectivity index (χ3v) is 5.85. The van der Waals surface area contributed by atoms with Crippen molar-refractivity contribution in [2.24, 2.45) is 19.2 Å². The zero-order valence-electron chi connectivity index (χ0n) is 15.8. The summed E-state index contributed by atoms with van der Waals surface area (Å²) in [5.41, 5.74) is 1.35. The van der Waals surface area contributed by atoms with Crippen molar-refractivity contribution in [3.8, 4) is 0 Å². The number of aromatic nitrogens is 4. The van der Waals surface area contributed by atoms with Crippen molar-refractivity contribution in [3.05, 3.63) is 54.6 Å². The van der Waals surface area contributed by atoms with Crippen LogP contribution in [0.25, 0.3) is 11.2 Å². The monoisotopic (exact) mass is 420 g/mol. The summed E-state index contributed by atoms with van der Waals surface area (Å²) in [6.07, 6.45) is 0. The van der Waals surface area contributed by atoms with Gasteiger partial charge < -0.3 is 0 Å². The number of aryl methyl sites for hydroxylation is 1. The molecule has 0 saturated heterocycles. The van der Waals surface area contributed by atoms with Gasteiger partial charge in [0, 0.05) is 29.7 Å². The van der Waals surface area contributed by atoms with E-state index in [-0.39, 0.29) is 12.6 Å². The Morgan fingerprint density at radius 1 is 1.11 bits per heavy atom. The number of hydrogen-bond donors (Lipinski definition) is 0. The molecule has 1 atom stereocenters. The standard InChI is InChI=1S/C18H18Cl2N6O2/c1-9-10(2)26-14-15(23(3)18(28)24(4)16(14)27)21-17(26)25(22-9)8-11-12(19)6-5-7-13(11)20/h5-7,10H,8H2,1-4H3/t10-/m0/s1. The van der Waals surface area contributed by atoms with Crippen LogP contribution in [0.4, 0.5) is 5.95 Å². The molecule has 0 fully saturated rings. The van der Waals surface area contributed by atoms with Gasteiger partial charge >= 0.3 is 5.69 Å². The van der Waals surface area contributed by atoms with Gasteiger partial charge in [0.25, 0.3) is 5.56 Å². The number of hydrogen-bond acceptors (Lipinski definition) is 5. The molecule has 0 N–H and O–H groups in total. The van der Waals surface area contributed by atoms with Crippen LogP contribution in [0.2, 0.25) is 10.0 Å². The summed E-state index contributed by atoms with van der Waals surface area (Å²) in [6, 6.07) is 5.10. The van der Waals surface area contributed by atoms with Crippen LogP contribution in [-0.4, -0.2) is 24.4 Å². The molecule has 1 aromatic carbocycles. The van der Waals surface area contributed by atoms with E-state index < -0.39 is 11.2 Å². The van der Waals surface area contributed by atoms with Crippen LogP contribution in [0.5, 0.6) is 0 Å². The van der Waals surface area contributed by atoms with Gasteiger partial charge in [-0.2, -0.15) is 10.1 Å². The summed E-state index contributed by atoms with van der Waals surface area (Å²) in [7, 11) is 3.05. The van der Waals surface area contributed by atoms with Crippen LogP contribution in [0.1, 0.15) is 25.5 Å². The third kappa shape index (κ3) is 2.59.